The molecule has 2 N–H and O–H groups in total. The Morgan fingerprint density at radius 2 is 2.07 bits per heavy atom. The predicted molar refractivity (Wildman–Crippen MR) is 102 cm³/mol. The van der Waals surface area contributed by atoms with Gasteiger partial charge in [-0.05, 0) is 36.5 Å². The van der Waals surface area contributed by atoms with E-state index in [0.717, 1.165) is 5.56 Å². The van der Waals surface area contributed by atoms with Crippen molar-refractivity contribution in [3.8, 4) is 11.5 Å². The van der Waals surface area contributed by atoms with E-state index in [0.29, 0.717) is 30.0 Å². The maximum absolute atomic E-state index is 13.3. The number of carbonyl (C=O) groups is 2. The third-order valence-electron chi connectivity index (χ3n) is 5.61. The van der Waals surface area contributed by atoms with Crippen LogP contribution in [0.3, 0.4) is 0 Å². The number of benzene rings is 1. The lowest BCUT2D eigenvalue weighted by Crippen LogP contribution is -2.40. The highest BCUT2D eigenvalue weighted by atomic mass is 19.3. The number of urea groups is 1. The van der Waals surface area contributed by atoms with E-state index in [4.69, 9.17) is 9.47 Å². The SMILES string of the molecule is CN1C(=O)NCC1C(=O)Nc1cc(C=CC2CCC(F)(F)CC2)cc2c1OCO2. The van der Waals surface area contributed by atoms with Crippen LogP contribution in [0.2, 0.25) is 0 Å². The molecular weight excluding hydrogens is 384 g/mol. The second kappa shape index (κ2) is 7.53. The Kier molecular flexibility index (Phi) is 5.06. The van der Waals surface area contributed by atoms with Gasteiger partial charge in [0.05, 0.1) is 5.69 Å². The van der Waals surface area contributed by atoms with Gasteiger partial charge < -0.3 is 25.0 Å². The number of halogens is 2. The molecule has 1 aromatic rings. The molecule has 9 heteroatoms. The van der Waals surface area contributed by atoms with E-state index in [9.17, 15) is 18.4 Å². The van der Waals surface area contributed by atoms with Crippen molar-refractivity contribution in [1.82, 2.24) is 10.2 Å². The lowest BCUT2D eigenvalue weighted by atomic mass is 9.86. The second-order valence-corrected chi connectivity index (χ2v) is 7.66. The maximum atomic E-state index is 13.3. The Balaban J connectivity index is 1.50. The normalized spacial score (nSPS) is 23.5. The van der Waals surface area contributed by atoms with Gasteiger partial charge in [-0.3, -0.25) is 4.79 Å². The number of hydrogen-bond acceptors (Lipinski definition) is 4. The number of fused-ring (bicyclic) bond motifs is 1. The summed E-state index contributed by atoms with van der Waals surface area (Å²) in [5.41, 5.74) is 1.23. The molecule has 1 saturated heterocycles. The zero-order valence-corrected chi connectivity index (χ0v) is 16.0. The van der Waals surface area contributed by atoms with Gasteiger partial charge in [-0.15, -0.1) is 0 Å². The molecule has 1 unspecified atom stereocenters. The van der Waals surface area contributed by atoms with Crippen molar-refractivity contribution >= 4 is 23.7 Å². The second-order valence-electron chi connectivity index (χ2n) is 7.66. The Morgan fingerprint density at radius 3 is 2.76 bits per heavy atom. The Labute approximate surface area is 167 Å². The predicted octanol–water partition coefficient (Wildman–Crippen LogP) is 3.22. The Bertz CT molecular complexity index is 848. The zero-order valence-electron chi connectivity index (χ0n) is 16.0. The number of rotatable bonds is 4. The number of hydrogen-bond donors (Lipinski definition) is 2. The van der Waals surface area contributed by atoms with Gasteiger partial charge in [0.25, 0.3) is 0 Å². The molecule has 0 aromatic heterocycles. The molecule has 2 heterocycles. The number of allylic oxidation sites excluding steroid dienone is 1. The van der Waals surface area contributed by atoms with Gasteiger partial charge >= 0.3 is 6.03 Å². The minimum Gasteiger partial charge on any atom is -0.453 e. The number of likely N-dealkylation sites (N-methyl/N-ethyl adjacent to an activating group) is 1. The molecule has 29 heavy (non-hydrogen) atoms. The van der Waals surface area contributed by atoms with Crippen LogP contribution in [0.5, 0.6) is 11.5 Å². The number of carbonyl (C=O) groups excluding carboxylic acids is 2. The lowest BCUT2D eigenvalue weighted by molar-refractivity contribution is -0.119. The van der Waals surface area contributed by atoms with Crippen LogP contribution in [-0.4, -0.2) is 49.2 Å². The highest BCUT2D eigenvalue weighted by Gasteiger charge is 2.35. The van der Waals surface area contributed by atoms with E-state index in [2.05, 4.69) is 10.6 Å². The summed E-state index contributed by atoms with van der Waals surface area (Å²) in [5, 5.41) is 5.43. The smallest absolute Gasteiger partial charge is 0.317 e. The average Bonchev–Trinajstić information content (AvgIpc) is 3.28. The molecule has 156 valence electrons. The number of nitrogens with zero attached hydrogens (tertiary/aromatic N) is 1. The molecule has 4 rings (SSSR count). The molecule has 0 bridgehead atoms. The molecule has 2 aliphatic heterocycles. The summed E-state index contributed by atoms with van der Waals surface area (Å²) in [6, 6.07) is 2.62. The molecule has 1 aromatic carbocycles. The van der Waals surface area contributed by atoms with E-state index < -0.39 is 12.0 Å². The molecule has 0 spiro atoms. The van der Waals surface area contributed by atoms with Crippen molar-refractivity contribution < 1.29 is 27.8 Å². The summed E-state index contributed by atoms with van der Waals surface area (Å²) in [7, 11) is 1.56. The van der Waals surface area contributed by atoms with Crippen LogP contribution in [0.4, 0.5) is 19.3 Å². The molecular formula is C20H23F2N3O4. The summed E-state index contributed by atoms with van der Waals surface area (Å²) >= 11 is 0. The van der Waals surface area contributed by atoms with Crippen LogP contribution in [0.1, 0.15) is 31.2 Å². The van der Waals surface area contributed by atoms with Crippen LogP contribution in [0.15, 0.2) is 18.2 Å². The van der Waals surface area contributed by atoms with Crippen molar-refractivity contribution in [2.24, 2.45) is 5.92 Å². The van der Waals surface area contributed by atoms with Gasteiger partial charge in [-0.25, -0.2) is 13.6 Å². The summed E-state index contributed by atoms with van der Waals surface area (Å²) in [6.07, 6.45) is 4.52. The monoisotopic (exact) mass is 407 g/mol. The largest absolute Gasteiger partial charge is 0.453 e. The standard InChI is InChI=1S/C20H23F2N3O4/c1-25-15(10-23-19(25)27)18(26)24-14-8-13(9-16-17(14)29-11-28-16)3-2-12-4-6-20(21,22)7-5-12/h2-3,8-9,12,15H,4-7,10-11H2,1H3,(H,23,27)(H,24,26). The first-order valence-corrected chi connectivity index (χ1v) is 9.63. The number of amides is 3. The topological polar surface area (TPSA) is 79.9 Å². The van der Waals surface area contributed by atoms with Crippen molar-refractivity contribution in [2.75, 3.05) is 25.7 Å². The third-order valence-corrected chi connectivity index (χ3v) is 5.61. The van der Waals surface area contributed by atoms with E-state index in [1.54, 1.807) is 19.2 Å². The van der Waals surface area contributed by atoms with Gasteiger partial charge in [-0.2, -0.15) is 0 Å². The zero-order chi connectivity index (χ0) is 20.6. The molecule has 0 radical (unpaired) electrons. The summed E-state index contributed by atoms with van der Waals surface area (Å²) in [5.74, 6) is -1.84. The minimum atomic E-state index is -2.55. The third kappa shape index (κ3) is 4.13. The Hall–Kier alpha value is -2.84. The van der Waals surface area contributed by atoms with Crippen LogP contribution < -0.4 is 20.1 Å². The van der Waals surface area contributed by atoms with Crippen molar-refractivity contribution in [3.63, 3.8) is 0 Å². The number of nitrogens with one attached hydrogen (secondary N) is 2. The molecule has 1 atom stereocenters. The van der Waals surface area contributed by atoms with Gasteiger partial charge in [0.15, 0.2) is 11.5 Å². The first kappa shape index (κ1) is 19.5. The average molecular weight is 407 g/mol. The molecule has 7 nitrogen and oxygen atoms in total. The van der Waals surface area contributed by atoms with Gasteiger partial charge in [0.1, 0.15) is 6.04 Å². The van der Waals surface area contributed by atoms with E-state index in [-0.39, 0.29) is 44.0 Å². The summed E-state index contributed by atoms with van der Waals surface area (Å²) in [4.78, 5) is 25.6. The van der Waals surface area contributed by atoms with Crippen molar-refractivity contribution in [3.05, 3.63) is 23.8 Å². The minimum absolute atomic E-state index is 0.0481. The van der Waals surface area contributed by atoms with E-state index in [1.165, 1.54) is 4.90 Å². The van der Waals surface area contributed by atoms with Crippen molar-refractivity contribution in [2.45, 2.75) is 37.6 Å². The molecule has 1 saturated carbocycles. The fraction of sp³-hybridized carbons (Fsp3) is 0.500. The summed E-state index contributed by atoms with van der Waals surface area (Å²) < 4.78 is 37.6. The van der Waals surface area contributed by atoms with E-state index in [1.807, 2.05) is 12.2 Å². The van der Waals surface area contributed by atoms with Crippen molar-refractivity contribution in [1.29, 1.82) is 0 Å². The van der Waals surface area contributed by atoms with Gasteiger partial charge in [-0.1, -0.05) is 12.2 Å². The Morgan fingerprint density at radius 1 is 1.31 bits per heavy atom. The molecule has 3 amide bonds. The quantitative estimate of drug-likeness (QED) is 0.803. The number of alkyl halides is 2. The first-order valence-electron chi connectivity index (χ1n) is 9.63. The maximum Gasteiger partial charge on any atom is 0.317 e. The molecule has 3 aliphatic rings. The van der Waals surface area contributed by atoms with E-state index >= 15 is 0 Å². The van der Waals surface area contributed by atoms with Gasteiger partial charge in [0.2, 0.25) is 18.6 Å². The molecule has 1 aliphatic carbocycles. The van der Waals surface area contributed by atoms with Crippen LogP contribution >= 0.6 is 0 Å². The van der Waals surface area contributed by atoms with Crippen LogP contribution in [0.25, 0.3) is 6.08 Å². The fourth-order valence-electron chi connectivity index (χ4n) is 3.79. The first-order chi connectivity index (χ1) is 13.8. The van der Waals surface area contributed by atoms with Crippen LogP contribution in [-0.2, 0) is 4.79 Å². The highest BCUT2D eigenvalue weighted by molar-refractivity contribution is 6.00. The van der Waals surface area contributed by atoms with Crippen LogP contribution in [0, 0.1) is 5.92 Å². The molecule has 2 fully saturated rings. The number of anilines is 1. The lowest BCUT2D eigenvalue weighted by Gasteiger charge is -2.26. The summed E-state index contributed by atoms with van der Waals surface area (Å²) in [6.45, 7) is 0.277. The highest BCUT2D eigenvalue weighted by Crippen LogP contribution is 2.41. The number of ether oxygens (including phenoxy) is 2. The fourth-order valence-corrected chi connectivity index (χ4v) is 3.79. The van der Waals surface area contributed by atoms with Gasteiger partial charge in [0, 0.05) is 26.4 Å².